The second-order valence-electron chi connectivity index (χ2n) is 4.57. The van der Waals surface area contributed by atoms with Gasteiger partial charge in [0.2, 0.25) is 0 Å². The zero-order valence-corrected chi connectivity index (χ0v) is 14.2. The molecule has 0 fully saturated rings. The van der Waals surface area contributed by atoms with Crippen molar-refractivity contribution in [3.63, 3.8) is 0 Å². The maximum Gasteiger partial charge on any atom is 0.264 e. The van der Waals surface area contributed by atoms with Crippen LogP contribution >= 0.6 is 23.2 Å². The smallest absolute Gasteiger partial charge is 0.264 e. The predicted molar refractivity (Wildman–Crippen MR) is 87.9 cm³/mol. The number of nitrogens with one attached hydrogen (secondary N) is 1. The highest BCUT2D eigenvalue weighted by Gasteiger charge is 2.17. The lowest BCUT2D eigenvalue weighted by Crippen LogP contribution is -2.33. The Hall–Kier alpha value is -1.60. The van der Waals surface area contributed by atoms with E-state index < -0.39 is 22.5 Å². The highest BCUT2D eigenvalue weighted by molar-refractivity contribution is 7.90. The Morgan fingerprint density at radius 1 is 1.04 bits per heavy atom. The summed E-state index contributed by atoms with van der Waals surface area (Å²) in [4.78, 5) is 11.6. The summed E-state index contributed by atoms with van der Waals surface area (Å²) in [6, 6.07) is 12.5. The normalized spacial score (nSPS) is 11.2. The third-order valence-corrected chi connectivity index (χ3v) is 4.83. The standard InChI is InChI=1S/C15H13Cl2NO4S/c16-12-5-7-13(8-6-12)23(20,21)18-15(19)10-22-9-11-3-1-2-4-14(11)17/h1-8H,9-10H2,(H,18,19). The maximum absolute atomic E-state index is 12.0. The number of rotatable bonds is 6. The summed E-state index contributed by atoms with van der Waals surface area (Å²) >= 11 is 11.6. The van der Waals surface area contributed by atoms with Crippen molar-refractivity contribution in [1.82, 2.24) is 4.72 Å². The number of carbonyl (C=O) groups excluding carboxylic acids is 1. The van der Waals surface area contributed by atoms with E-state index in [9.17, 15) is 13.2 Å². The van der Waals surface area contributed by atoms with E-state index in [4.69, 9.17) is 27.9 Å². The monoisotopic (exact) mass is 373 g/mol. The van der Waals surface area contributed by atoms with Crippen molar-refractivity contribution in [2.75, 3.05) is 6.61 Å². The molecule has 122 valence electrons. The number of halogens is 2. The third-order valence-electron chi connectivity index (χ3n) is 2.82. The van der Waals surface area contributed by atoms with Gasteiger partial charge in [0.25, 0.3) is 15.9 Å². The minimum absolute atomic E-state index is 0.0543. The van der Waals surface area contributed by atoms with Crippen molar-refractivity contribution in [2.45, 2.75) is 11.5 Å². The zero-order chi connectivity index (χ0) is 16.9. The molecule has 0 unspecified atom stereocenters. The van der Waals surface area contributed by atoms with Gasteiger partial charge in [0, 0.05) is 10.0 Å². The van der Waals surface area contributed by atoms with Gasteiger partial charge in [0.15, 0.2) is 0 Å². The fourth-order valence-electron chi connectivity index (χ4n) is 1.72. The molecule has 0 aliphatic heterocycles. The topological polar surface area (TPSA) is 72.5 Å². The average Bonchev–Trinajstić information content (AvgIpc) is 2.49. The second-order valence-corrected chi connectivity index (χ2v) is 7.09. The van der Waals surface area contributed by atoms with Gasteiger partial charge in [-0.15, -0.1) is 0 Å². The highest BCUT2D eigenvalue weighted by atomic mass is 35.5. The lowest BCUT2D eigenvalue weighted by atomic mass is 10.2. The molecular weight excluding hydrogens is 361 g/mol. The molecule has 0 heterocycles. The van der Waals surface area contributed by atoms with Crippen LogP contribution in [0, 0.1) is 0 Å². The minimum atomic E-state index is -3.94. The molecule has 0 saturated carbocycles. The Morgan fingerprint density at radius 2 is 1.70 bits per heavy atom. The number of benzene rings is 2. The van der Waals surface area contributed by atoms with Gasteiger partial charge in [-0.1, -0.05) is 41.4 Å². The number of hydrogen-bond donors (Lipinski definition) is 1. The average molecular weight is 374 g/mol. The quantitative estimate of drug-likeness (QED) is 0.844. The van der Waals surface area contributed by atoms with Crippen LogP contribution in [0.3, 0.4) is 0 Å². The number of carbonyl (C=O) groups is 1. The van der Waals surface area contributed by atoms with Gasteiger partial charge in [0.1, 0.15) is 6.61 Å². The Bertz CT molecular complexity index is 791. The fourth-order valence-corrected chi connectivity index (χ4v) is 3.01. The molecule has 23 heavy (non-hydrogen) atoms. The first kappa shape index (κ1) is 17.7. The molecule has 8 heteroatoms. The van der Waals surface area contributed by atoms with E-state index in [1.54, 1.807) is 24.3 Å². The van der Waals surface area contributed by atoms with Crippen molar-refractivity contribution >= 4 is 39.1 Å². The summed E-state index contributed by atoms with van der Waals surface area (Å²) in [7, 11) is -3.94. The van der Waals surface area contributed by atoms with Gasteiger partial charge < -0.3 is 4.74 Å². The van der Waals surface area contributed by atoms with Crippen LogP contribution in [0.4, 0.5) is 0 Å². The van der Waals surface area contributed by atoms with Crippen molar-refractivity contribution in [3.05, 3.63) is 64.1 Å². The molecule has 0 atom stereocenters. The zero-order valence-electron chi connectivity index (χ0n) is 11.8. The van der Waals surface area contributed by atoms with Crippen LogP contribution in [-0.4, -0.2) is 20.9 Å². The van der Waals surface area contributed by atoms with E-state index in [-0.39, 0.29) is 11.5 Å². The van der Waals surface area contributed by atoms with Gasteiger partial charge in [-0.05, 0) is 35.9 Å². The number of ether oxygens (including phenoxy) is 1. The molecule has 0 saturated heterocycles. The maximum atomic E-state index is 12.0. The molecule has 2 rings (SSSR count). The lowest BCUT2D eigenvalue weighted by Gasteiger charge is -2.08. The molecular formula is C15H13Cl2NO4S. The first-order valence-electron chi connectivity index (χ1n) is 6.51. The summed E-state index contributed by atoms with van der Waals surface area (Å²) in [5.74, 6) is -0.771. The Morgan fingerprint density at radius 3 is 2.35 bits per heavy atom. The minimum Gasteiger partial charge on any atom is -0.367 e. The summed E-state index contributed by atoms with van der Waals surface area (Å²) in [6.45, 7) is -0.299. The Labute approximate surface area is 144 Å². The van der Waals surface area contributed by atoms with Crippen LogP contribution < -0.4 is 4.72 Å². The van der Waals surface area contributed by atoms with Gasteiger partial charge in [0.05, 0.1) is 11.5 Å². The Kier molecular flexibility index (Phi) is 6.01. The second kappa shape index (κ2) is 7.79. The molecule has 5 nitrogen and oxygen atoms in total. The third kappa shape index (κ3) is 5.21. The van der Waals surface area contributed by atoms with Crippen LogP contribution in [0.15, 0.2) is 53.4 Å². The summed E-state index contributed by atoms with van der Waals surface area (Å²) in [5, 5.41) is 0.917. The molecule has 0 radical (unpaired) electrons. The summed E-state index contributed by atoms with van der Waals surface area (Å²) in [5.41, 5.74) is 0.711. The van der Waals surface area contributed by atoms with E-state index in [1.165, 1.54) is 24.3 Å². The van der Waals surface area contributed by atoms with Gasteiger partial charge in [-0.2, -0.15) is 0 Å². The summed E-state index contributed by atoms with van der Waals surface area (Å²) < 4.78 is 31.1. The number of sulfonamides is 1. The molecule has 1 amide bonds. The van der Waals surface area contributed by atoms with E-state index in [1.807, 2.05) is 4.72 Å². The van der Waals surface area contributed by atoms with E-state index in [2.05, 4.69) is 0 Å². The molecule has 0 aliphatic carbocycles. The largest absolute Gasteiger partial charge is 0.367 e. The fraction of sp³-hybridized carbons (Fsp3) is 0.133. The van der Waals surface area contributed by atoms with Crippen molar-refractivity contribution in [3.8, 4) is 0 Å². The van der Waals surface area contributed by atoms with Gasteiger partial charge >= 0.3 is 0 Å². The van der Waals surface area contributed by atoms with Gasteiger partial charge in [-0.25, -0.2) is 13.1 Å². The first-order valence-corrected chi connectivity index (χ1v) is 8.75. The molecule has 0 aliphatic rings. The molecule has 2 aromatic rings. The van der Waals surface area contributed by atoms with Crippen molar-refractivity contribution in [1.29, 1.82) is 0 Å². The highest BCUT2D eigenvalue weighted by Crippen LogP contribution is 2.16. The van der Waals surface area contributed by atoms with Crippen LogP contribution in [0.2, 0.25) is 10.0 Å². The molecule has 0 aromatic heterocycles. The van der Waals surface area contributed by atoms with Crippen LogP contribution in [0.1, 0.15) is 5.56 Å². The Balaban J connectivity index is 1.89. The number of amides is 1. The van der Waals surface area contributed by atoms with E-state index in [0.717, 1.165) is 0 Å². The molecule has 1 N–H and O–H groups in total. The lowest BCUT2D eigenvalue weighted by molar-refractivity contribution is -0.124. The van der Waals surface area contributed by atoms with E-state index in [0.29, 0.717) is 15.6 Å². The number of hydrogen-bond acceptors (Lipinski definition) is 4. The first-order chi connectivity index (χ1) is 10.9. The molecule has 0 spiro atoms. The van der Waals surface area contributed by atoms with Crippen LogP contribution in [0.25, 0.3) is 0 Å². The predicted octanol–water partition coefficient (Wildman–Crippen LogP) is 3.02. The van der Waals surface area contributed by atoms with Crippen molar-refractivity contribution < 1.29 is 17.9 Å². The molecule has 0 bridgehead atoms. The van der Waals surface area contributed by atoms with Crippen LogP contribution in [0.5, 0.6) is 0 Å². The summed E-state index contributed by atoms with van der Waals surface area (Å²) in [6.07, 6.45) is 0. The van der Waals surface area contributed by atoms with Crippen molar-refractivity contribution in [2.24, 2.45) is 0 Å². The van der Waals surface area contributed by atoms with Gasteiger partial charge in [-0.3, -0.25) is 4.79 Å². The van der Waals surface area contributed by atoms with Crippen LogP contribution in [-0.2, 0) is 26.2 Å². The SMILES string of the molecule is O=C(COCc1ccccc1Cl)NS(=O)(=O)c1ccc(Cl)cc1. The molecule has 2 aromatic carbocycles. The van der Waals surface area contributed by atoms with E-state index >= 15 is 0 Å².